The lowest BCUT2D eigenvalue weighted by Gasteiger charge is -2.15. The molecule has 1 amide bonds. The van der Waals surface area contributed by atoms with E-state index in [-0.39, 0.29) is 16.8 Å². The molecule has 2 aromatic carbocycles. The Balaban J connectivity index is 2.00. The van der Waals surface area contributed by atoms with Gasteiger partial charge in [-0.05, 0) is 61.2 Å². The second-order valence-electron chi connectivity index (χ2n) is 6.87. The summed E-state index contributed by atoms with van der Waals surface area (Å²) in [6, 6.07) is 12.8. The van der Waals surface area contributed by atoms with E-state index < -0.39 is 10.0 Å². The molecule has 0 heterocycles. The minimum absolute atomic E-state index is 0.0176. The third-order valence-electron chi connectivity index (χ3n) is 4.11. The Hall–Kier alpha value is -2.38. The van der Waals surface area contributed by atoms with Crippen LogP contribution < -0.4 is 15.2 Å². The van der Waals surface area contributed by atoms with E-state index in [1.54, 1.807) is 43.3 Å². The molecular weight excluding hydrogens is 364 g/mol. The molecule has 3 N–H and O–H groups in total. The summed E-state index contributed by atoms with van der Waals surface area (Å²) >= 11 is 0. The molecule has 1 unspecified atom stereocenters. The Bertz CT molecular complexity index is 877. The minimum atomic E-state index is -3.78. The van der Waals surface area contributed by atoms with E-state index in [9.17, 15) is 13.2 Å². The van der Waals surface area contributed by atoms with Gasteiger partial charge in [0.1, 0.15) is 5.75 Å². The zero-order valence-corrected chi connectivity index (χ0v) is 16.6. The van der Waals surface area contributed by atoms with Crippen LogP contribution in [-0.4, -0.2) is 20.9 Å². The van der Waals surface area contributed by atoms with Gasteiger partial charge in [0.25, 0.3) is 5.91 Å². The van der Waals surface area contributed by atoms with Gasteiger partial charge in [-0.15, -0.1) is 0 Å². The van der Waals surface area contributed by atoms with Crippen molar-refractivity contribution in [2.45, 2.75) is 38.1 Å². The van der Waals surface area contributed by atoms with Crippen LogP contribution in [0.5, 0.6) is 5.75 Å². The number of rotatable bonds is 8. The van der Waals surface area contributed by atoms with Crippen LogP contribution in [0.2, 0.25) is 0 Å². The van der Waals surface area contributed by atoms with Gasteiger partial charge in [0, 0.05) is 5.56 Å². The van der Waals surface area contributed by atoms with Crippen LogP contribution in [0.1, 0.15) is 49.2 Å². The molecule has 2 aromatic rings. The number of amides is 1. The summed E-state index contributed by atoms with van der Waals surface area (Å²) in [5.74, 6) is 1.04. The third-order valence-corrected chi connectivity index (χ3v) is 5.03. The van der Waals surface area contributed by atoms with Gasteiger partial charge in [-0.2, -0.15) is 0 Å². The normalized spacial score (nSPS) is 12.6. The quantitative estimate of drug-likeness (QED) is 0.723. The highest BCUT2D eigenvalue weighted by Crippen LogP contribution is 2.18. The third kappa shape index (κ3) is 6.37. The Morgan fingerprint density at radius 2 is 1.78 bits per heavy atom. The number of nitrogens with one attached hydrogen (secondary N) is 1. The zero-order valence-electron chi connectivity index (χ0n) is 15.8. The van der Waals surface area contributed by atoms with Crippen LogP contribution in [-0.2, 0) is 10.0 Å². The van der Waals surface area contributed by atoms with Crippen LogP contribution in [0.3, 0.4) is 0 Å². The molecule has 7 heteroatoms. The van der Waals surface area contributed by atoms with Crippen LogP contribution in [0.25, 0.3) is 0 Å². The molecule has 0 spiro atoms. The number of benzene rings is 2. The maximum Gasteiger partial charge on any atom is 0.251 e. The van der Waals surface area contributed by atoms with E-state index in [4.69, 9.17) is 9.88 Å². The molecule has 146 valence electrons. The molecule has 6 nitrogen and oxygen atoms in total. The van der Waals surface area contributed by atoms with Crippen molar-refractivity contribution in [1.82, 2.24) is 5.32 Å². The molecule has 0 radical (unpaired) electrons. The van der Waals surface area contributed by atoms with Gasteiger partial charge < -0.3 is 10.1 Å². The van der Waals surface area contributed by atoms with Crippen molar-refractivity contribution in [2.24, 2.45) is 11.1 Å². The van der Waals surface area contributed by atoms with Crippen molar-refractivity contribution in [2.75, 3.05) is 6.61 Å². The van der Waals surface area contributed by atoms with Gasteiger partial charge in [0.05, 0.1) is 17.5 Å². The van der Waals surface area contributed by atoms with E-state index >= 15 is 0 Å². The molecule has 0 saturated carbocycles. The number of hydrogen-bond acceptors (Lipinski definition) is 4. The molecule has 2 rings (SSSR count). The SMILES string of the molecule is CC(C)CCOc1ccc(C(=O)NC(C)c2cccc(S(N)(=O)=O)c2)cc1. The van der Waals surface area contributed by atoms with Gasteiger partial charge >= 0.3 is 0 Å². The summed E-state index contributed by atoms with van der Waals surface area (Å²) in [7, 11) is -3.78. The first-order valence-corrected chi connectivity index (χ1v) is 10.4. The predicted molar refractivity (Wildman–Crippen MR) is 105 cm³/mol. The largest absolute Gasteiger partial charge is 0.494 e. The molecule has 0 saturated heterocycles. The molecule has 27 heavy (non-hydrogen) atoms. The fourth-order valence-electron chi connectivity index (χ4n) is 2.44. The van der Waals surface area contributed by atoms with E-state index in [1.807, 2.05) is 0 Å². The number of hydrogen-bond donors (Lipinski definition) is 2. The smallest absolute Gasteiger partial charge is 0.251 e. The van der Waals surface area contributed by atoms with Gasteiger partial charge in [-0.1, -0.05) is 26.0 Å². The van der Waals surface area contributed by atoms with Gasteiger partial charge in [0.15, 0.2) is 0 Å². The first-order chi connectivity index (χ1) is 12.7. The highest BCUT2D eigenvalue weighted by Gasteiger charge is 2.14. The monoisotopic (exact) mass is 390 g/mol. The average Bonchev–Trinajstić information content (AvgIpc) is 2.61. The van der Waals surface area contributed by atoms with Gasteiger partial charge in [-0.3, -0.25) is 4.79 Å². The van der Waals surface area contributed by atoms with Gasteiger partial charge in [0.2, 0.25) is 10.0 Å². The van der Waals surface area contributed by atoms with E-state index in [1.165, 1.54) is 12.1 Å². The van der Waals surface area contributed by atoms with Crippen LogP contribution in [0.15, 0.2) is 53.4 Å². The first-order valence-electron chi connectivity index (χ1n) is 8.83. The molecule has 0 fully saturated rings. The molecule has 0 aliphatic rings. The Morgan fingerprint density at radius 3 is 2.37 bits per heavy atom. The van der Waals surface area contributed by atoms with Crippen molar-refractivity contribution in [3.05, 3.63) is 59.7 Å². The van der Waals surface area contributed by atoms with Crippen LogP contribution >= 0.6 is 0 Å². The molecule has 1 atom stereocenters. The number of carbonyl (C=O) groups is 1. The Morgan fingerprint density at radius 1 is 1.11 bits per heavy atom. The predicted octanol–water partition coefficient (Wildman–Crippen LogP) is 3.25. The van der Waals surface area contributed by atoms with E-state index in [2.05, 4.69) is 19.2 Å². The fourth-order valence-corrected chi connectivity index (χ4v) is 3.01. The van der Waals surface area contributed by atoms with Crippen molar-refractivity contribution < 1.29 is 17.9 Å². The topological polar surface area (TPSA) is 98.5 Å². The highest BCUT2D eigenvalue weighted by molar-refractivity contribution is 7.89. The summed E-state index contributed by atoms with van der Waals surface area (Å²) in [6.07, 6.45) is 0.970. The Kier molecular flexibility index (Phi) is 6.98. The molecule has 0 bridgehead atoms. The van der Waals surface area contributed by atoms with Crippen molar-refractivity contribution >= 4 is 15.9 Å². The molecular formula is C20H26N2O4S. The molecule has 0 aliphatic heterocycles. The second kappa shape index (κ2) is 9.01. The van der Waals surface area contributed by atoms with Gasteiger partial charge in [-0.25, -0.2) is 13.6 Å². The van der Waals surface area contributed by atoms with Crippen molar-refractivity contribution in [3.63, 3.8) is 0 Å². The standard InChI is InChI=1S/C20H26N2O4S/c1-14(2)11-12-26-18-9-7-16(8-10-18)20(23)22-15(3)17-5-4-6-19(13-17)27(21,24)25/h4-10,13-15H,11-12H2,1-3H3,(H,22,23)(H2,21,24,25). The Labute approximate surface area is 160 Å². The number of primary sulfonamides is 1. The lowest BCUT2D eigenvalue weighted by atomic mass is 10.1. The van der Waals surface area contributed by atoms with Crippen molar-refractivity contribution in [1.29, 1.82) is 0 Å². The van der Waals surface area contributed by atoms with Crippen LogP contribution in [0, 0.1) is 5.92 Å². The average molecular weight is 391 g/mol. The van der Waals surface area contributed by atoms with E-state index in [0.29, 0.717) is 23.7 Å². The first kappa shape index (κ1) is 20.9. The lowest BCUT2D eigenvalue weighted by Crippen LogP contribution is -2.26. The number of ether oxygens (including phenoxy) is 1. The zero-order chi connectivity index (χ0) is 20.0. The summed E-state index contributed by atoms with van der Waals surface area (Å²) in [5.41, 5.74) is 1.16. The molecule has 0 aliphatic carbocycles. The maximum absolute atomic E-state index is 12.4. The summed E-state index contributed by atoms with van der Waals surface area (Å²) in [5, 5.41) is 8.01. The summed E-state index contributed by atoms with van der Waals surface area (Å²) in [6.45, 7) is 6.69. The fraction of sp³-hybridized carbons (Fsp3) is 0.350. The highest BCUT2D eigenvalue weighted by atomic mass is 32.2. The lowest BCUT2D eigenvalue weighted by molar-refractivity contribution is 0.0940. The minimum Gasteiger partial charge on any atom is -0.494 e. The number of sulfonamides is 1. The molecule has 0 aromatic heterocycles. The summed E-state index contributed by atoms with van der Waals surface area (Å²) in [4.78, 5) is 12.4. The van der Waals surface area contributed by atoms with Crippen molar-refractivity contribution in [3.8, 4) is 5.75 Å². The van der Waals surface area contributed by atoms with E-state index in [0.717, 1.165) is 12.2 Å². The number of carbonyl (C=O) groups excluding carboxylic acids is 1. The number of nitrogens with two attached hydrogens (primary N) is 1. The second-order valence-corrected chi connectivity index (χ2v) is 8.43. The van der Waals surface area contributed by atoms with Crippen LogP contribution in [0.4, 0.5) is 0 Å². The summed E-state index contributed by atoms with van der Waals surface area (Å²) < 4.78 is 28.6. The maximum atomic E-state index is 12.4.